The van der Waals surface area contributed by atoms with Crippen molar-refractivity contribution in [2.45, 2.75) is 64.3 Å². The van der Waals surface area contributed by atoms with Crippen LogP contribution in [0, 0.1) is 0 Å². The first-order valence-corrected chi connectivity index (χ1v) is 9.31. The summed E-state index contributed by atoms with van der Waals surface area (Å²) in [6.45, 7) is 4.10. The van der Waals surface area contributed by atoms with Crippen molar-refractivity contribution in [2.75, 3.05) is 13.1 Å². The number of nitrogens with one attached hydrogen (secondary N) is 2. The van der Waals surface area contributed by atoms with E-state index in [1.807, 2.05) is 24.3 Å². The van der Waals surface area contributed by atoms with Gasteiger partial charge in [0.05, 0.1) is 0 Å². The van der Waals surface area contributed by atoms with Crippen molar-refractivity contribution in [1.82, 2.24) is 10.6 Å². The van der Waals surface area contributed by atoms with Gasteiger partial charge in [-0.1, -0.05) is 44.0 Å². The summed E-state index contributed by atoms with van der Waals surface area (Å²) in [7, 11) is 0. The van der Waals surface area contributed by atoms with E-state index in [0.717, 1.165) is 32.4 Å². The van der Waals surface area contributed by atoms with Gasteiger partial charge in [-0.2, -0.15) is 0 Å². The molecule has 140 valence electrons. The van der Waals surface area contributed by atoms with E-state index in [-0.39, 0.29) is 43.0 Å². The van der Waals surface area contributed by atoms with Crippen LogP contribution in [0.2, 0.25) is 0 Å². The molecule has 1 fully saturated rings. The average Bonchev–Trinajstić information content (AvgIpc) is 2.61. The molecule has 0 atom stereocenters. The van der Waals surface area contributed by atoms with Crippen molar-refractivity contribution in [2.24, 2.45) is 0 Å². The molecule has 1 aromatic carbocycles. The molecule has 2 rings (SSSR count). The Kier molecular flexibility index (Phi) is 10.4. The van der Waals surface area contributed by atoms with E-state index >= 15 is 0 Å². The van der Waals surface area contributed by atoms with E-state index < -0.39 is 0 Å². The molecule has 0 bridgehead atoms. The SMILES string of the molecule is CCCCCc1ccc(C(=O)CCC(=O)NC2CCNCC2)cc1.Cl. The minimum absolute atomic E-state index is 0. The van der Waals surface area contributed by atoms with Gasteiger partial charge in [0.1, 0.15) is 0 Å². The van der Waals surface area contributed by atoms with E-state index in [4.69, 9.17) is 0 Å². The van der Waals surface area contributed by atoms with Crippen molar-refractivity contribution in [1.29, 1.82) is 0 Å². The molecule has 4 nitrogen and oxygen atoms in total. The molecule has 1 aromatic rings. The zero-order valence-electron chi connectivity index (χ0n) is 15.2. The van der Waals surface area contributed by atoms with Gasteiger partial charge in [0.15, 0.2) is 5.78 Å². The van der Waals surface area contributed by atoms with E-state index in [1.165, 1.54) is 24.8 Å². The number of carbonyl (C=O) groups is 2. The van der Waals surface area contributed by atoms with Gasteiger partial charge < -0.3 is 10.6 Å². The molecule has 1 aliphatic heterocycles. The lowest BCUT2D eigenvalue weighted by Crippen LogP contribution is -2.42. The van der Waals surface area contributed by atoms with Crippen LogP contribution >= 0.6 is 12.4 Å². The van der Waals surface area contributed by atoms with Crippen LogP contribution in [0.15, 0.2) is 24.3 Å². The van der Waals surface area contributed by atoms with Gasteiger partial charge >= 0.3 is 0 Å². The first-order chi connectivity index (χ1) is 11.7. The monoisotopic (exact) mass is 366 g/mol. The third-order valence-corrected chi connectivity index (χ3v) is 4.63. The molecule has 5 heteroatoms. The van der Waals surface area contributed by atoms with Gasteiger partial charge in [-0.25, -0.2) is 0 Å². The average molecular weight is 367 g/mol. The van der Waals surface area contributed by atoms with E-state index in [0.29, 0.717) is 5.56 Å². The third-order valence-electron chi connectivity index (χ3n) is 4.63. The summed E-state index contributed by atoms with van der Waals surface area (Å²) in [5.41, 5.74) is 1.99. The van der Waals surface area contributed by atoms with Crippen LogP contribution in [0.25, 0.3) is 0 Å². The summed E-state index contributed by atoms with van der Waals surface area (Å²) in [5.74, 6) is 0.0435. The molecule has 25 heavy (non-hydrogen) atoms. The Bertz CT molecular complexity index is 525. The molecule has 1 aliphatic rings. The van der Waals surface area contributed by atoms with Crippen LogP contribution in [0.4, 0.5) is 0 Å². The zero-order chi connectivity index (χ0) is 17.2. The van der Waals surface area contributed by atoms with Crippen molar-refractivity contribution in [3.63, 3.8) is 0 Å². The summed E-state index contributed by atoms with van der Waals surface area (Å²) < 4.78 is 0. The molecular formula is C20H31ClN2O2. The van der Waals surface area contributed by atoms with Crippen LogP contribution in [-0.4, -0.2) is 30.8 Å². The number of hydrogen-bond donors (Lipinski definition) is 2. The number of hydrogen-bond acceptors (Lipinski definition) is 3. The molecule has 0 unspecified atom stereocenters. The maximum absolute atomic E-state index is 12.2. The summed E-state index contributed by atoms with van der Waals surface area (Å²) in [6, 6.07) is 8.13. The molecule has 0 radical (unpaired) electrons. The topological polar surface area (TPSA) is 58.2 Å². The summed E-state index contributed by atoms with van der Waals surface area (Å²) in [5, 5.41) is 6.31. The Hall–Kier alpha value is -1.39. The Balaban J connectivity index is 0.00000312. The van der Waals surface area contributed by atoms with Gasteiger partial charge in [0.2, 0.25) is 5.91 Å². The Morgan fingerprint density at radius 2 is 1.76 bits per heavy atom. The van der Waals surface area contributed by atoms with E-state index in [2.05, 4.69) is 17.6 Å². The lowest BCUT2D eigenvalue weighted by Gasteiger charge is -2.23. The van der Waals surface area contributed by atoms with Crippen molar-refractivity contribution in [3.05, 3.63) is 35.4 Å². The fourth-order valence-electron chi connectivity index (χ4n) is 3.07. The number of benzene rings is 1. The second-order valence-corrected chi connectivity index (χ2v) is 6.67. The number of halogens is 1. The molecule has 1 heterocycles. The minimum Gasteiger partial charge on any atom is -0.353 e. The fraction of sp³-hybridized carbons (Fsp3) is 0.600. The fourth-order valence-corrected chi connectivity index (χ4v) is 3.07. The van der Waals surface area contributed by atoms with Crippen molar-refractivity contribution < 1.29 is 9.59 Å². The lowest BCUT2D eigenvalue weighted by molar-refractivity contribution is -0.121. The summed E-state index contributed by atoms with van der Waals surface area (Å²) in [4.78, 5) is 24.2. The molecule has 1 amide bonds. The Morgan fingerprint density at radius 3 is 2.40 bits per heavy atom. The predicted molar refractivity (Wildman–Crippen MR) is 105 cm³/mol. The maximum atomic E-state index is 12.2. The maximum Gasteiger partial charge on any atom is 0.220 e. The van der Waals surface area contributed by atoms with Crippen LogP contribution in [0.5, 0.6) is 0 Å². The van der Waals surface area contributed by atoms with Gasteiger partial charge in [-0.15, -0.1) is 12.4 Å². The molecule has 0 aromatic heterocycles. The van der Waals surface area contributed by atoms with Gasteiger partial charge in [0.25, 0.3) is 0 Å². The molecule has 0 saturated carbocycles. The van der Waals surface area contributed by atoms with Gasteiger partial charge in [-0.05, 0) is 44.3 Å². The number of piperidine rings is 1. The third kappa shape index (κ3) is 8.02. The lowest BCUT2D eigenvalue weighted by atomic mass is 10.0. The smallest absolute Gasteiger partial charge is 0.220 e. The molecule has 2 N–H and O–H groups in total. The number of carbonyl (C=O) groups excluding carboxylic acids is 2. The van der Waals surface area contributed by atoms with Crippen LogP contribution in [0.1, 0.15) is 67.8 Å². The van der Waals surface area contributed by atoms with E-state index in [1.54, 1.807) is 0 Å². The minimum atomic E-state index is -0.00793. The highest BCUT2D eigenvalue weighted by molar-refractivity contribution is 5.98. The number of Topliss-reactive ketones (excluding diaryl/α,β-unsaturated/α-hetero) is 1. The largest absolute Gasteiger partial charge is 0.353 e. The van der Waals surface area contributed by atoms with Crippen LogP contribution in [0.3, 0.4) is 0 Å². The second-order valence-electron chi connectivity index (χ2n) is 6.67. The molecule has 0 aliphatic carbocycles. The first-order valence-electron chi connectivity index (χ1n) is 9.31. The van der Waals surface area contributed by atoms with Crippen LogP contribution in [-0.2, 0) is 11.2 Å². The van der Waals surface area contributed by atoms with E-state index in [9.17, 15) is 9.59 Å². The predicted octanol–water partition coefficient (Wildman–Crippen LogP) is 3.67. The number of aryl methyl sites for hydroxylation is 1. The van der Waals surface area contributed by atoms with Gasteiger partial charge in [-0.3, -0.25) is 9.59 Å². The summed E-state index contributed by atoms with van der Waals surface area (Å²) in [6.07, 6.45) is 7.23. The summed E-state index contributed by atoms with van der Waals surface area (Å²) >= 11 is 0. The quantitative estimate of drug-likeness (QED) is 0.517. The molecule has 0 spiro atoms. The Morgan fingerprint density at radius 1 is 1.08 bits per heavy atom. The molecule has 1 saturated heterocycles. The highest BCUT2D eigenvalue weighted by Crippen LogP contribution is 2.11. The highest BCUT2D eigenvalue weighted by Gasteiger charge is 2.16. The number of ketones is 1. The number of rotatable bonds is 9. The molecular weight excluding hydrogens is 336 g/mol. The normalized spacial score (nSPS) is 14.6. The zero-order valence-corrected chi connectivity index (χ0v) is 16.0. The van der Waals surface area contributed by atoms with Gasteiger partial charge in [0, 0.05) is 24.4 Å². The highest BCUT2D eigenvalue weighted by atomic mass is 35.5. The first kappa shape index (κ1) is 21.7. The number of amides is 1. The second kappa shape index (κ2) is 12.0. The van der Waals surface area contributed by atoms with Crippen molar-refractivity contribution >= 4 is 24.1 Å². The standard InChI is InChI=1S/C20H30N2O2.ClH/c1-2-3-4-5-16-6-8-17(9-7-16)19(23)10-11-20(24)22-18-12-14-21-15-13-18;/h6-9,18,21H,2-5,10-15H2,1H3,(H,22,24);1H. The van der Waals surface area contributed by atoms with Crippen LogP contribution < -0.4 is 10.6 Å². The van der Waals surface area contributed by atoms with Crippen molar-refractivity contribution in [3.8, 4) is 0 Å². The Labute approximate surface area is 157 Å². The number of unbranched alkanes of at least 4 members (excludes halogenated alkanes) is 2.